The van der Waals surface area contributed by atoms with Crippen LogP contribution < -0.4 is 10.6 Å². The summed E-state index contributed by atoms with van der Waals surface area (Å²) in [6, 6.07) is 51.6. The van der Waals surface area contributed by atoms with E-state index in [0.29, 0.717) is 0 Å². The molecule has 8 heteroatoms. The predicted molar refractivity (Wildman–Crippen MR) is 217 cm³/mol. The molecule has 52 heavy (non-hydrogen) atoms. The average Bonchev–Trinajstić information content (AvgIpc) is 4.00. The molecule has 6 bridgehead atoms. The minimum atomic E-state index is -4.73. The SMILES string of the molecule is ClP1(Cl)(Cl)n2c3ccc2C(c2ccccc2)C2C=CC(N2)C(c2ccccc2)c2ccc(n21)C(c1ccccc1)C1C=CC(N1)C3c1ccccc1. The molecule has 0 aliphatic carbocycles. The fraction of sp³-hybridized carbons (Fsp3) is 0.182. The topological polar surface area (TPSA) is 33.9 Å². The van der Waals surface area contributed by atoms with Gasteiger partial charge in [0.15, 0.2) is 0 Å². The number of nitrogens with one attached hydrogen (secondary N) is 2. The Hall–Kier alpha value is -3.86. The van der Waals surface area contributed by atoms with Crippen LogP contribution >= 0.6 is 38.7 Å². The van der Waals surface area contributed by atoms with Crippen LogP contribution in [0.15, 0.2) is 170 Å². The Labute approximate surface area is 319 Å². The van der Waals surface area contributed by atoms with Crippen molar-refractivity contribution < 1.29 is 0 Å². The summed E-state index contributed by atoms with van der Waals surface area (Å²) in [5, 5.41) is 8.20. The first-order valence-corrected chi connectivity index (χ1v) is 22.9. The van der Waals surface area contributed by atoms with Crippen LogP contribution in [0, 0.1) is 0 Å². The van der Waals surface area contributed by atoms with Gasteiger partial charge in [0.1, 0.15) is 0 Å². The summed E-state index contributed by atoms with van der Waals surface area (Å²) < 4.78 is 4.37. The molecule has 0 spiro atoms. The molecule has 4 aromatic carbocycles. The molecule has 4 nitrogen and oxygen atoms in total. The second kappa shape index (κ2) is 12.4. The fourth-order valence-electron chi connectivity index (χ4n) is 9.55. The van der Waals surface area contributed by atoms with Crippen LogP contribution in [0.5, 0.6) is 0 Å². The van der Waals surface area contributed by atoms with E-state index in [9.17, 15) is 0 Å². The summed E-state index contributed by atoms with van der Waals surface area (Å²) in [5.41, 5.74) is 8.63. The van der Waals surface area contributed by atoms with Crippen molar-refractivity contribution in [3.05, 3.63) is 215 Å². The molecule has 0 saturated heterocycles. The maximum atomic E-state index is 8.37. The molecule has 0 amide bonds. The van der Waals surface area contributed by atoms with Crippen LogP contribution in [-0.2, 0) is 0 Å². The molecular formula is C44H38Cl3N4P. The summed E-state index contributed by atoms with van der Waals surface area (Å²) in [7, 11) is 0. The van der Waals surface area contributed by atoms with Gasteiger partial charge < -0.3 is 0 Å². The normalized spacial score (nSPS) is 29.9. The molecule has 0 saturated carbocycles. The molecule has 6 heterocycles. The van der Waals surface area contributed by atoms with Gasteiger partial charge in [0.25, 0.3) is 0 Å². The number of fused-ring (bicyclic) bond motifs is 4. The molecule has 0 radical (unpaired) electrons. The third-order valence-electron chi connectivity index (χ3n) is 11.6. The van der Waals surface area contributed by atoms with Crippen LogP contribution in [0.4, 0.5) is 0 Å². The second-order valence-electron chi connectivity index (χ2n) is 14.5. The van der Waals surface area contributed by atoms with Crippen molar-refractivity contribution >= 4 is 38.7 Å². The predicted octanol–water partition coefficient (Wildman–Crippen LogP) is 10.9. The van der Waals surface area contributed by atoms with Crippen LogP contribution in [0.25, 0.3) is 0 Å². The fourth-order valence-corrected chi connectivity index (χ4v) is 15.1. The molecule has 8 unspecified atom stereocenters. The van der Waals surface area contributed by atoms with Gasteiger partial charge in [-0.2, -0.15) is 0 Å². The summed E-state index contributed by atoms with van der Waals surface area (Å²) in [6.07, 6.45) is 9.36. The molecule has 0 fully saturated rings. The maximum absolute atomic E-state index is 8.37. The Balaban J connectivity index is 1.36. The van der Waals surface area contributed by atoms with Crippen molar-refractivity contribution in [2.24, 2.45) is 0 Å². The van der Waals surface area contributed by atoms with E-state index in [-0.39, 0.29) is 47.8 Å². The van der Waals surface area contributed by atoms with E-state index in [2.05, 4.69) is 189 Å². The first-order chi connectivity index (χ1) is 25.4. The van der Waals surface area contributed by atoms with Gasteiger partial charge in [-0.1, -0.05) is 0 Å². The number of rotatable bonds is 4. The van der Waals surface area contributed by atoms with Gasteiger partial charge >= 0.3 is 321 Å². The van der Waals surface area contributed by atoms with Gasteiger partial charge in [-0.25, -0.2) is 0 Å². The van der Waals surface area contributed by atoms with Crippen molar-refractivity contribution in [3.63, 3.8) is 0 Å². The summed E-state index contributed by atoms with van der Waals surface area (Å²) in [6.45, 7) is 0. The third kappa shape index (κ3) is 5.07. The van der Waals surface area contributed by atoms with Gasteiger partial charge in [0.2, 0.25) is 0 Å². The molecule has 8 atom stereocenters. The molecular weight excluding hydrogens is 722 g/mol. The zero-order valence-electron chi connectivity index (χ0n) is 28.3. The Bertz CT molecular complexity index is 2000. The Morgan fingerprint density at radius 2 is 0.577 bits per heavy atom. The quantitative estimate of drug-likeness (QED) is 0.139. The number of hydrogen-bond acceptors (Lipinski definition) is 2. The standard InChI is InChI=1S/C44H38Cl3N4P/c45-52(46,47)50-37-25-26-38(50)43(31-17-9-3-10-18-31)35-23-24-36(49-35)44(32-19-11-4-12-20-32)40-28-27-39(51(40)52)42(30-15-7-2-8-16-30)34-22-21-33(48-34)41(37)29-13-5-1-6-14-29/h1-28,33-36,41-44,48-49H. The van der Waals surface area contributed by atoms with Crippen molar-refractivity contribution in [3.8, 4) is 0 Å². The first-order valence-electron chi connectivity index (χ1n) is 18.1. The number of halogens is 3. The third-order valence-corrected chi connectivity index (χ3v) is 16.5. The van der Waals surface area contributed by atoms with Crippen molar-refractivity contribution in [1.29, 1.82) is 0 Å². The molecule has 2 N–H and O–H groups in total. The van der Waals surface area contributed by atoms with E-state index in [0.717, 1.165) is 22.8 Å². The summed E-state index contributed by atoms with van der Waals surface area (Å²) in [5.74, 6) is -0.518. The molecule has 4 aliphatic heterocycles. The number of aromatic nitrogens is 2. The molecule has 6 aromatic rings. The Morgan fingerprint density at radius 3 is 0.808 bits per heavy atom. The average molecular weight is 760 g/mol. The van der Waals surface area contributed by atoms with Gasteiger partial charge in [0.05, 0.1) is 0 Å². The van der Waals surface area contributed by atoms with E-state index >= 15 is 0 Å². The number of hydrogen-bond donors (Lipinski definition) is 2. The van der Waals surface area contributed by atoms with Gasteiger partial charge in [-0.3, -0.25) is 0 Å². The van der Waals surface area contributed by atoms with Crippen molar-refractivity contribution in [2.75, 3.05) is 0 Å². The van der Waals surface area contributed by atoms with Crippen LogP contribution in [0.3, 0.4) is 0 Å². The van der Waals surface area contributed by atoms with Crippen LogP contribution in [0.1, 0.15) is 68.7 Å². The second-order valence-corrected chi connectivity index (χ2v) is 24.1. The van der Waals surface area contributed by atoms with E-state index in [4.69, 9.17) is 33.7 Å². The molecule has 260 valence electrons. The zero-order valence-corrected chi connectivity index (χ0v) is 31.4. The van der Waals surface area contributed by atoms with Crippen molar-refractivity contribution in [2.45, 2.75) is 47.8 Å². The summed E-state index contributed by atoms with van der Waals surface area (Å²) in [4.78, 5) is -4.73. The van der Waals surface area contributed by atoms with Gasteiger partial charge in [-0.05, 0) is 0 Å². The Morgan fingerprint density at radius 1 is 0.346 bits per heavy atom. The number of benzene rings is 4. The van der Waals surface area contributed by atoms with Crippen molar-refractivity contribution in [1.82, 2.24) is 19.3 Å². The minimum absolute atomic E-state index is 0.0351. The van der Waals surface area contributed by atoms with Gasteiger partial charge in [-0.15, -0.1) is 0 Å². The van der Waals surface area contributed by atoms with E-state index in [1.165, 1.54) is 22.3 Å². The van der Waals surface area contributed by atoms with E-state index < -0.39 is 4.96 Å². The van der Waals surface area contributed by atoms with Crippen LogP contribution in [0.2, 0.25) is 0 Å². The summed E-state index contributed by atoms with van der Waals surface area (Å²) >= 11 is 25.1. The zero-order chi connectivity index (χ0) is 35.1. The van der Waals surface area contributed by atoms with Crippen LogP contribution in [-0.4, -0.2) is 32.8 Å². The van der Waals surface area contributed by atoms with E-state index in [1.54, 1.807) is 0 Å². The monoisotopic (exact) mass is 758 g/mol. The molecule has 4 aliphatic rings. The Kier molecular flexibility index (Phi) is 7.78. The van der Waals surface area contributed by atoms with E-state index in [1.807, 2.05) is 0 Å². The van der Waals surface area contributed by atoms with Gasteiger partial charge in [0, 0.05) is 0 Å². The molecule has 10 rings (SSSR count). The number of nitrogens with zero attached hydrogens (tertiary/aromatic N) is 2. The first kappa shape index (κ1) is 32.8. The molecule has 2 aromatic heterocycles.